The lowest BCUT2D eigenvalue weighted by Gasteiger charge is -2.46. The van der Waals surface area contributed by atoms with Gasteiger partial charge in [-0.05, 0) is 31.9 Å². The molecule has 1 rings (SSSR count). The standard InChI is InChI=1S/C14H26N2O/c1-5-12-10-14(15(4)7-3)11-13(6-2)16(12)8-9-17/h7,9,12-14H,3,5-6,8,10-11H2,1-2,4H3. The quantitative estimate of drug-likeness (QED) is 0.663. The average Bonchev–Trinajstić information content (AvgIpc) is 2.38. The lowest BCUT2D eigenvalue weighted by atomic mass is 9.88. The molecule has 0 bridgehead atoms. The number of hydrogen-bond acceptors (Lipinski definition) is 3. The minimum atomic E-state index is 0.534. The van der Waals surface area contributed by atoms with Crippen LogP contribution < -0.4 is 0 Å². The fourth-order valence-electron chi connectivity index (χ4n) is 2.96. The lowest BCUT2D eigenvalue weighted by Crippen LogP contribution is -2.53. The molecule has 3 nitrogen and oxygen atoms in total. The van der Waals surface area contributed by atoms with E-state index in [4.69, 9.17) is 0 Å². The van der Waals surface area contributed by atoms with E-state index in [1.165, 1.54) is 0 Å². The third-order valence-corrected chi connectivity index (χ3v) is 4.12. The molecule has 0 N–H and O–H groups in total. The molecule has 3 heteroatoms. The Bertz CT molecular complexity index is 241. The zero-order valence-electron chi connectivity index (χ0n) is 11.4. The first-order valence-corrected chi connectivity index (χ1v) is 6.71. The number of likely N-dealkylation sites (tertiary alicyclic amines) is 1. The maximum absolute atomic E-state index is 10.8. The number of aldehydes is 1. The smallest absolute Gasteiger partial charge is 0.134 e. The van der Waals surface area contributed by atoms with Gasteiger partial charge < -0.3 is 9.69 Å². The first-order chi connectivity index (χ1) is 8.17. The van der Waals surface area contributed by atoms with E-state index in [1.54, 1.807) is 0 Å². The zero-order valence-corrected chi connectivity index (χ0v) is 11.4. The molecule has 1 fully saturated rings. The molecule has 1 aliphatic rings. The molecule has 17 heavy (non-hydrogen) atoms. The molecule has 0 spiro atoms. The highest BCUT2D eigenvalue weighted by molar-refractivity contribution is 5.52. The van der Waals surface area contributed by atoms with Gasteiger partial charge in [-0.1, -0.05) is 20.4 Å². The normalized spacial score (nSPS) is 29.9. The van der Waals surface area contributed by atoms with E-state index in [1.807, 2.05) is 6.20 Å². The van der Waals surface area contributed by atoms with Crippen molar-refractivity contribution in [2.75, 3.05) is 13.6 Å². The van der Waals surface area contributed by atoms with Crippen LogP contribution in [-0.4, -0.2) is 47.8 Å². The van der Waals surface area contributed by atoms with E-state index < -0.39 is 0 Å². The van der Waals surface area contributed by atoms with E-state index >= 15 is 0 Å². The van der Waals surface area contributed by atoms with E-state index in [9.17, 15) is 4.79 Å². The Morgan fingerprint density at radius 2 is 1.82 bits per heavy atom. The van der Waals surface area contributed by atoms with Crippen LogP contribution in [0.2, 0.25) is 0 Å². The minimum Gasteiger partial charge on any atom is -0.378 e. The van der Waals surface area contributed by atoms with E-state index in [2.05, 4.69) is 37.3 Å². The Morgan fingerprint density at radius 1 is 1.29 bits per heavy atom. The van der Waals surface area contributed by atoms with Crippen LogP contribution in [0.4, 0.5) is 0 Å². The summed E-state index contributed by atoms with van der Waals surface area (Å²) in [6.07, 6.45) is 7.48. The minimum absolute atomic E-state index is 0.534. The van der Waals surface area contributed by atoms with Gasteiger partial charge in [0.1, 0.15) is 6.29 Å². The topological polar surface area (TPSA) is 23.6 Å². The fraction of sp³-hybridized carbons (Fsp3) is 0.786. The lowest BCUT2D eigenvalue weighted by molar-refractivity contribution is -0.111. The number of carbonyl (C=O) groups is 1. The Labute approximate surface area is 105 Å². The van der Waals surface area contributed by atoms with Crippen LogP contribution >= 0.6 is 0 Å². The van der Waals surface area contributed by atoms with Gasteiger partial charge in [-0.3, -0.25) is 4.90 Å². The van der Waals surface area contributed by atoms with Crippen molar-refractivity contribution in [2.45, 2.75) is 57.7 Å². The van der Waals surface area contributed by atoms with Crippen LogP contribution in [0, 0.1) is 0 Å². The molecule has 0 radical (unpaired) electrons. The van der Waals surface area contributed by atoms with E-state index in [0.29, 0.717) is 24.7 Å². The zero-order chi connectivity index (χ0) is 12.8. The van der Waals surface area contributed by atoms with Gasteiger partial charge in [0.05, 0.1) is 6.54 Å². The van der Waals surface area contributed by atoms with E-state index in [-0.39, 0.29) is 0 Å². The predicted molar refractivity (Wildman–Crippen MR) is 71.9 cm³/mol. The summed E-state index contributed by atoms with van der Waals surface area (Å²) in [6.45, 7) is 8.86. The first-order valence-electron chi connectivity index (χ1n) is 6.71. The molecule has 0 aromatic rings. The van der Waals surface area contributed by atoms with Crippen molar-refractivity contribution in [3.63, 3.8) is 0 Å². The second-order valence-electron chi connectivity index (χ2n) is 4.96. The maximum atomic E-state index is 10.8. The largest absolute Gasteiger partial charge is 0.378 e. The summed E-state index contributed by atoms with van der Waals surface area (Å²) in [7, 11) is 2.10. The predicted octanol–water partition coefficient (Wildman–Crippen LogP) is 2.28. The van der Waals surface area contributed by atoms with Crippen LogP contribution in [0.3, 0.4) is 0 Å². The fourth-order valence-corrected chi connectivity index (χ4v) is 2.96. The second kappa shape index (κ2) is 6.80. The molecular weight excluding hydrogens is 212 g/mol. The molecule has 0 aliphatic carbocycles. The van der Waals surface area contributed by atoms with Crippen LogP contribution in [0.25, 0.3) is 0 Å². The van der Waals surface area contributed by atoms with Gasteiger partial charge >= 0.3 is 0 Å². The Hall–Kier alpha value is -0.830. The molecule has 1 heterocycles. The van der Waals surface area contributed by atoms with Gasteiger partial charge in [0.25, 0.3) is 0 Å². The summed E-state index contributed by atoms with van der Waals surface area (Å²) in [4.78, 5) is 15.4. The highest BCUT2D eigenvalue weighted by Gasteiger charge is 2.34. The van der Waals surface area contributed by atoms with Crippen molar-refractivity contribution in [2.24, 2.45) is 0 Å². The third kappa shape index (κ3) is 3.32. The Balaban J connectivity index is 2.77. The molecule has 0 aromatic heterocycles. The maximum Gasteiger partial charge on any atom is 0.134 e. The van der Waals surface area contributed by atoms with Crippen molar-refractivity contribution >= 4 is 6.29 Å². The Kier molecular flexibility index (Phi) is 5.69. The molecule has 1 saturated heterocycles. The van der Waals surface area contributed by atoms with Crippen molar-refractivity contribution in [3.05, 3.63) is 12.8 Å². The number of rotatable bonds is 6. The SMILES string of the molecule is C=CN(C)C1CC(CC)N(CC=O)C(CC)C1. The molecule has 98 valence electrons. The van der Waals surface area contributed by atoms with Crippen molar-refractivity contribution in [1.82, 2.24) is 9.80 Å². The average molecular weight is 238 g/mol. The summed E-state index contributed by atoms with van der Waals surface area (Å²) >= 11 is 0. The number of nitrogens with zero attached hydrogens (tertiary/aromatic N) is 2. The van der Waals surface area contributed by atoms with Crippen LogP contribution in [-0.2, 0) is 4.79 Å². The van der Waals surface area contributed by atoms with Crippen molar-refractivity contribution in [3.8, 4) is 0 Å². The van der Waals surface area contributed by atoms with Gasteiger partial charge in [-0.25, -0.2) is 0 Å². The molecule has 0 amide bonds. The third-order valence-electron chi connectivity index (χ3n) is 4.12. The molecular formula is C14H26N2O. The van der Waals surface area contributed by atoms with Crippen LogP contribution in [0.15, 0.2) is 12.8 Å². The van der Waals surface area contributed by atoms with Crippen molar-refractivity contribution in [1.29, 1.82) is 0 Å². The van der Waals surface area contributed by atoms with Gasteiger partial charge in [0, 0.05) is 25.2 Å². The highest BCUT2D eigenvalue weighted by Crippen LogP contribution is 2.29. The highest BCUT2D eigenvalue weighted by atomic mass is 16.1. The van der Waals surface area contributed by atoms with E-state index in [0.717, 1.165) is 32.0 Å². The number of piperidine rings is 1. The van der Waals surface area contributed by atoms with Crippen LogP contribution in [0.1, 0.15) is 39.5 Å². The molecule has 2 atom stereocenters. The van der Waals surface area contributed by atoms with Gasteiger partial charge in [-0.2, -0.15) is 0 Å². The number of carbonyl (C=O) groups excluding carboxylic acids is 1. The van der Waals surface area contributed by atoms with Crippen LogP contribution in [0.5, 0.6) is 0 Å². The second-order valence-corrected chi connectivity index (χ2v) is 4.96. The summed E-state index contributed by atoms with van der Waals surface area (Å²) in [5.41, 5.74) is 0. The summed E-state index contributed by atoms with van der Waals surface area (Å²) in [5.74, 6) is 0. The number of hydrogen-bond donors (Lipinski definition) is 0. The molecule has 1 aliphatic heterocycles. The van der Waals surface area contributed by atoms with Gasteiger partial charge in [-0.15, -0.1) is 0 Å². The molecule has 2 unspecified atom stereocenters. The Morgan fingerprint density at radius 3 is 2.18 bits per heavy atom. The van der Waals surface area contributed by atoms with Gasteiger partial charge in [0.2, 0.25) is 0 Å². The molecule has 0 aromatic carbocycles. The summed E-state index contributed by atoms with van der Waals surface area (Å²) in [6, 6.07) is 1.64. The summed E-state index contributed by atoms with van der Waals surface area (Å²) < 4.78 is 0. The monoisotopic (exact) mass is 238 g/mol. The first kappa shape index (κ1) is 14.2. The summed E-state index contributed by atoms with van der Waals surface area (Å²) in [5, 5.41) is 0. The van der Waals surface area contributed by atoms with Gasteiger partial charge in [0.15, 0.2) is 0 Å². The molecule has 0 saturated carbocycles. The van der Waals surface area contributed by atoms with Crippen molar-refractivity contribution < 1.29 is 4.79 Å².